The van der Waals surface area contributed by atoms with E-state index in [1.54, 1.807) is 30.3 Å². The lowest BCUT2D eigenvalue weighted by Crippen LogP contribution is -2.80. The minimum absolute atomic E-state index is 0.0460. The van der Waals surface area contributed by atoms with Crippen molar-refractivity contribution in [1.29, 1.82) is 5.26 Å². The van der Waals surface area contributed by atoms with Crippen LogP contribution >= 0.6 is 0 Å². The molecule has 1 aliphatic heterocycles. The Morgan fingerprint density at radius 3 is 2.33 bits per heavy atom. The van der Waals surface area contributed by atoms with Crippen molar-refractivity contribution in [2.75, 3.05) is 20.9 Å². The number of hydrogen-bond donors (Lipinski definition) is 6. The van der Waals surface area contributed by atoms with Crippen molar-refractivity contribution in [3.05, 3.63) is 57.9 Å². The highest BCUT2D eigenvalue weighted by Gasteiger charge is 2.74. The minimum atomic E-state index is -2.73. The van der Waals surface area contributed by atoms with E-state index in [2.05, 4.69) is 0 Å². The molecule has 240 valence electrons. The lowest BCUT2D eigenvalue weighted by atomic mass is 9.47. The summed E-state index contributed by atoms with van der Waals surface area (Å²) >= 11 is 0. The summed E-state index contributed by atoms with van der Waals surface area (Å²) in [5.74, 6) is -4.69. The minimum Gasteiger partial charge on any atom is -0.509 e. The zero-order valence-corrected chi connectivity index (χ0v) is 26.0. The molecule has 13 heteroatoms. The maximum Gasteiger partial charge on any atom is 0.255 e. The van der Waals surface area contributed by atoms with Crippen LogP contribution in [0, 0.1) is 16.7 Å². The lowest BCUT2D eigenvalue weighted by molar-refractivity contribution is -0.139. The van der Waals surface area contributed by atoms with E-state index in [-0.39, 0.29) is 24.5 Å². The number of likely N-dealkylation sites (N-methyl/N-ethyl adjacent to an activating group) is 1. The molecule has 3 aliphatic carbocycles. The van der Waals surface area contributed by atoms with Gasteiger partial charge in [0.25, 0.3) is 5.91 Å². The fraction of sp³-hybridized carbons (Fsp3) is 0.394. The van der Waals surface area contributed by atoms with Gasteiger partial charge in [-0.2, -0.15) is 5.26 Å². The van der Waals surface area contributed by atoms with E-state index in [1.807, 2.05) is 20.8 Å². The van der Waals surface area contributed by atoms with Crippen LogP contribution in [0.15, 0.2) is 41.2 Å². The number of nitrogens with two attached hydrogens (primary N) is 3. The molecule has 6 rings (SSSR count). The molecule has 0 bridgehead atoms. The van der Waals surface area contributed by atoms with Crippen molar-refractivity contribution >= 4 is 23.2 Å². The van der Waals surface area contributed by atoms with E-state index in [1.165, 1.54) is 19.0 Å². The van der Waals surface area contributed by atoms with Gasteiger partial charge in [0.15, 0.2) is 28.5 Å². The summed E-state index contributed by atoms with van der Waals surface area (Å²) in [6, 6.07) is 7.37. The number of aliphatic hydroxyl groups excluding tert-OH is 2. The molecule has 0 aromatic heterocycles. The SMILES string of the molecule is CN(C)[C@@H]1C(=O)C(C(N)=O)=C(O)[C@@]2(C#N)C(=O)C3=C(O)c4c(O)c(C(C)(C)C)cc(-c5ccc6c(c5)OCO6)c4C[C@@]3(N)C[C@@]12N. The second kappa shape index (κ2) is 9.56. The first-order valence-corrected chi connectivity index (χ1v) is 14.6. The van der Waals surface area contributed by atoms with Gasteiger partial charge in [0.05, 0.1) is 34.3 Å². The maximum atomic E-state index is 14.7. The number of nitrogens with zero attached hydrogens (tertiary/aromatic N) is 2. The number of ketones is 2. The molecule has 0 radical (unpaired) electrons. The molecule has 1 fully saturated rings. The number of primary amides is 1. The van der Waals surface area contributed by atoms with Crippen LogP contribution in [-0.2, 0) is 26.2 Å². The molecule has 46 heavy (non-hydrogen) atoms. The number of carbonyl (C=O) groups is 3. The summed E-state index contributed by atoms with van der Waals surface area (Å²) in [5.41, 5.74) is 12.7. The van der Waals surface area contributed by atoms with Gasteiger partial charge >= 0.3 is 0 Å². The van der Waals surface area contributed by atoms with Gasteiger partial charge in [-0.25, -0.2) is 0 Å². The predicted octanol–water partition coefficient (Wildman–Crippen LogP) is 1.60. The highest BCUT2D eigenvalue weighted by Crippen LogP contribution is 2.59. The molecule has 9 N–H and O–H groups in total. The first-order chi connectivity index (χ1) is 21.4. The Morgan fingerprint density at radius 2 is 1.74 bits per heavy atom. The summed E-state index contributed by atoms with van der Waals surface area (Å²) in [6.07, 6.45) is -0.637. The Hall–Kier alpha value is -4.90. The molecule has 0 spiro atoms. The number of nitriles is 1. The van der Waals surface area contributed by atoms with Gasteiger partial charge in [-0.15, -0.1) is 0 Å². The fourth-order valence-corrected chi connectivity index (χ4v) is 7.79. The first-order valence-electron chi connectivity index (χ1n) is 14.6. The molecule has 4 atom stereocenters. The van der Waals surface area contributed by atoms with Gasteiger partial charge in [-0.1, -0.05) is 26.8 Å². The van der Waals surface area contributed by atoms with Crippen LogP contribution in [-0.4, -0.2) is 75.7 Å². The van der Waals surface area contributed by atoms with Crippen molar-refractivity contribution in [2.24, 2.45) is 22.6 Å². The van der Waals surface area contributed by atoms with Crippen LogP contribution in [0.1, 0.15) is 43.9 Å². The normalized spacial score (nSPS) is 28.5. The van der Waals surface area contributed by atoms with Crippen LogP contribution in [0.2, 0.25) is 0 Å². The van der Waals surface area contributed by atoms with E-state index < -0.39 is 74.5 Å². The van der Waals surface area contributed by atoms with Crippen molar-refractivity contribution in [3.8, 4) is 34.4 Å². The lowest BCUT2D eigenvalue weighted by Gasteiger charge is -2.58. The number of aromatic hydroxyl groups is 1. The molecule has 1 saturated carbocycles. The van der Waals surface area contributed by atoms with E-state index in [0.717, 1.165) is 0 Å². The van der Waals surface area contributed by atoms with Crippen LogP contribution in [0.4, 0.5) is 0 Å². The predicted molar refractivity (Wildman–Crippen MR) is 164 cm³/mol. The van der Waals surface area contributed by atoms with E-state index in [9.17, 15) is 35.0 Å². The average molecular weight is 630 g/mol. The van der Waals surface area contributed by atoms with E-state index in [0.29, 0.717) is 33.8 Å². The van der Waals surface area contributed by atoms with Gasteiger partial charge < -0.3 is 42.0 Å². The first kappa shape index (κ1) is 31.1. The number of aliphatic hydroxyl groups is 2. The van der Waals surface area contributed by atoms with Gasteiger partial charge in [-0.05, 0) is 67.2 Å². The van der Waals surface area contributed by atoms with Crippen LogP contribution in [0.5, 0.6) is 17.2 Å². The van der Waals surface area contributed by atoms with E-state index >= 15 is 0 Å². The number of rotatable bonds is 3. The molecular weight excluding hydrogens is 594 g/mol. The molecule has 2 aromatic rings. The second-order valence-electron chi connectivity index (χ2n) is 13.8. The summed E-state index contributed by atoms with van der Waals surface area (Å²) in [4.78, 5) is 42.2. The Bertz CT molecular complexity index is 1900. The maximum absolute atomic E-state index is 14.7. The number of Topliss-reactive ketones (excluding diaryl/α,β-unsaturated/α-hetero) is 2. The summed E-state index contributed by atoms with van der Waals surface area (Å²) < 4.78 is 11.1. The standard InChI is InChI=1S/C33H35N5O8/c1-30(2,3)17-9-15(14-6-7-18-19(8-14)46-13-45-18)16-10-31(36)11-33(37)26(38(4)5)25(41)21(29(35)44)27(42)32(33,12-34)28(43)22(31)24(40)20(16)23(17)39/h6-9,26,39-40,42H,10-11,13,36-37H2,1-5H3,(H2,35,44)/t26-,31-,32+,33-/m1/s1. The third-order valence-corrected chi connectivity index (χ3v) is 9.74. The van der Waals surface area contributed by atoms with E-state index in [4.69, 9.17) is 26.7 Å². The highest BCUT2D eigenvalue weighted by molar-refractivity contribution is 6.25. The summed E-state index contributed by atoms with van der Waals surface area (Å²) in [5, 5.41) is 45.8. The number of amides is 1. The zero-order valence-electron chi connectivity index (χ0n) is 26.0. The highest BCUT2D eigenvalue weighted by atomic mass is 16.7. The zero-order chi connectivity index (χ0) is 33.9. The van der Waals surface area contributed by atoms with Gasteiger partial charge in [0.2, 0.25) is 6.79 Å². The molecule has 13 nitrogen and oxygen atoms in total. The molecule has 1 heterocycles. The third kappa shape index (κ3) is 3.75. The smallest absolute Gasteiger partial charge is 0.255 e. The largest absolute Gasteiger partial charge is 0.509 e. The molecule has 1 amide bonds. The van der Waals surface area contributed by atoms with Crippen LogP contribution in [0.25, 0.3) is 16.9 Å². The molecule has 2 aromatic carbocycles. The summed E-state index contributed by atoms with van der Waals surface area (Å²) in [6.45, 7) is 5.65. The van der Waals surface area contributed by atoms with Crippen LogP contribution < -0.4 is 26.7 Å². The topological polar surface area (TPSA) is 235 Å². The van der Waals surface area contributed by atoms with Crippen molar-refractivity contribution in [2.45, 2.75) is 56.1 Å². The number of benzene rings is 2. The van der Waals surface area contributed by atoms with Crippen molar-refractivity contribution < 1.29 is 39.2 Å². The Balaban J connectivity index is 1.70. The van der Waals surface area contributed by atoms with Crippen LogP contribution in [0.3, 0.4) is 0 Å². The van der Waals surface area contributed by atoms with Gasteiger partial charge in [-0.3, -0.25) is 19.3 Å². The van der Waals surface area contributed by atoms with Crippen molar-refractivity contribution in [1.82, 2.24) is 4.90 Å². The van der Waals surface area contributed by atoms with Crippen molar-refractivity contribution in [3.63, 3.8) is 0 Å². The van der Waals surface area contributed by atoms with Gasteiger partial charge in [0, 0.05) is 5.56 Å². The quantitative estimate of drug-likeness (QED) is 0.266. The third-order valence-electron chi connectivity index (χ3n) is 9.74. The molecular formula is C33H35N5O8. The van der Waals surface area contributed by atoms with Gasteiger partial charge in [0.1, 0.15) is 22.8 Å². The number of ether oxygens (including phenoxy) is 2. The number of fused-ring (bicyclic) bond motifs is 4. The fourth-order valence-electron chi connectivity index (χ4n) is 7.79. The number of phenolic OH excluding ortho intramolecular Hbond substituents is 1. The Kier molecular flexibility index (Phi) is 6.46. The molecule has 0 saturated heterocycles. The molecule has 4 aliphatic rings. The Labute approximate surface area is 264 Å². The molecule has 0 unspecified atom stereocenters. The Morgan fingerprint density at radius 1 is 1.09 bits per heavy atom. The second-order valence-corrected chi connectivity index (χ2v) is 13.8. The number of carbonyl (C=O) groups excluding carboxylic acids is 3. The summed E-state index contributed by atoms with van der Waals surface area (Å²) in [7, 11) is 2.94. The monoisotopic (exact) mass is 629 g/mol. The number of hydrogen-bond acceptors (Lipinski definition) is 12. The average Bonchev–Trinajstić information content (AvgIpc) is 3.39. The number of phenols is 1.